The highest BCUT2D eigenvalue weighted by atomic mass is 16.5. The van der Waals surface area contributed by atoms with E-state index in [2.05, 4.69) is 17.1 Å². The molecule has 1 saturated heterocycles. The Morgan fingerprint density at radius 3 is 2.87 bits per heavy atom. The van der Waals surface area contributed by atoms with E-state index in [1.54, 1.807) is 7.11 Å². The minimum atomic E-state index is 0.0996. The molecule has 1 heterocycles. The first kappa shape index (κ1) is 17.8. The summed E-state index contributed by atoms with van der Waals surface area (Å²) in [4.78, 5) is 14.4. The summed E-state index contributed by atoms with van der Waals surface area (Å²) in [5.41, 5.74) is 1.08. The maximum atomic E-state index is 12.1. The number of methoxy groups -OCH3 is 1. The molecule has 0 radical (unpaired) electrons. The molecule has 23 heavy (non-hydrogen) atoms. The number of rotatable bonds is 8. The summed E-state index contributed by atoms with van der Waals surface area (Å²) >= 11 is 0. The number of amides is 1. The molecule has 1 atom stereocenters. The molecule has 0 aromatic heterocycles. The van der Waals surface area contributed by atoms with Crippen molar-refractivity contribution >= 4 is 5.91 Å². The third-order valence-electron chi connectivity index (χ3n) is 4.25. The van der Waals surface area contributed by atoms with Gasteiger partial charge in [0.25, 0.3) is 0 Å². The lowest BCUT2D eigenvalue weighted by Gasteiger charge is -2.35. The Morgan fingerprint density at radius 1 is 1.39 bits per heavy atom. The summed E-state index contributed by atoms with van der Waals surface area (Å²) < 4.78 is 10.7. The summed E-state index contributed by atoms with van der Waals surface area (Å²) in [6.07, 6.45) is 2.82. The zero-order chi connectivity index (χ0) is 16.5. The third kappa shape index (κ3) is 5.84. The normalized spacial score (nSPS) is 18.6. The van der Waals surface area contributed by atoms with Crippen molar-refractivity contribution in [1.29, 1.82) is 0 Å². The number of nitrogens with one attached hydrogen (secondary N) is 1. The van der Waals surface area contributed by atoms with Crippen LogP contribution in [-0.4, -0.2) is 50.3 Å². The molecule has 1 aromatic carbocycles. The fourth-order valence-electron chi connectivity index (χ4n) is 2.86. The molecule has 0 bridgehead atoms. The van der Waals surface area contributed by atoms with Gasteiger partial charge < -0.3 is 14.8 Å². The van der Waals surface area contributed by atoms with Gasteiger partial charge in [0.15, 0.2) is 0 Å². The summed E-state index contributed by atoms with van der Waals surface area (Å²) in [5, 5.41) is 2.99. The van der Waals surface area contributed by atoms with E-state index < -0.39 is 0 Å². The molecule has 128 valence electrons. The zero-order valence-electron chi connectivity index (χ0n) is 14.2. The number of ether oxygens (including phenoxy) is 2. The fraction of sp³-hybridized carbons (Fsp3) is 0.611. The number of hydrogen-bond donors (Lipinski definition) is 1. The second kappa shape index (κ2) is 9.53. The lowest BCUT2D eigenvalue weighted by atomic mass is 10.1. The Morgan fingerprint density at radius 2 is 2.17 bits per heavy atom. The maximum Gasteiger partial charge on any atom is 0.221 e. The Bertz CT molecular complexity index is 474. The Kier molecular flexibility index (Phi) is 7.36. The number of hydrogen-bond acceptors (Lipinski definition) is 4. The van der Waals surface area contributed by atoms with Crippen molar-refractivity contribution in [1.82, 2.24) is 10.2 Å². The minimum Gasteiger partial charge on any atom is -0.497 e. The van der Waals surface area contributed by atoms with Gasteiger partial charge in [-0.25, -0.2) is 0 Å². The highest BCUT2D eigenvalue weighted by molar-refractivity contribution is 5.76. The van der Waals surface area contributed by atoms with Gasteiger partial charge in [0.2, 0.25) is 5.91 Å². The van der Waals surface area contributed by atoms with Crippen molar-refractivity contribution in [2.24, 2.45) is 0 Å². The predicted octanol–water partition coefficient (Wildman–Crippen LogP) is 2.20. The van der Waals surface area contributed by atoms with E-state index in [0.29, 0.717) is 19.0 Å². The van der Waals surface area contributed by atoms with Gasteiger partial charge in [-0.3, -0.25) is 9.69 Å². The van der Waals surface area contributed by atoms with Gasteiger partial charge in [0, 0.05) is 32.1 Å². The Balaban J connectivity index is 1.71. The first-order valence-corrected chi connectivity index (χ1v) is 8.44. The number of carbonyl (C=O) groups is 1. The maximum absolute atomic E-state index is 12.1. The monoisotopic (exact) mass is 320 g/mol. The lowest BCUT2D eigenvalue weighted by Crippen LogP contribution is -2.46. The van der Waals surface area contributed by atoms with Crippen LogP contribution in [0.2, 0.25) is 0 Å². The van der Waals surface area contributed by atoms with Gasteiger partial charge in [-0.1, -0.05) is 25.5 Å². The van der Waals surface area contributed by atoms with Gasteiger partial charge in [0.05, 0.1) is 20.3 Å². The topological polar surface area (TPSA) is 50.8 Å². The van der Waals surface area contributed by atoms with Gasteiger partial charge in [-0.05, 0) is 24.1 Å². The van der Waals surface area contributed by atoms with E-state index in [0.717, 1.165) is 50.5 Å². The molecule has 1 amide bonds. The fourth-order valence-corrected chi connectivity index (χ4v) is 2.86. The molecule has 5 heteroatoms. The van der Waals surface area contributed by atoms with Gasteiger partial charge in [-0.2, -0.15) is 0 Å². The zero-order valence-corrected chi connectivity index (χ0v) is 14.2. The van der Waals surface area contributed by atoms with Crippen LogP contribution in [0.1, 0.15) is 31.7 Å². The Labute approximate surface area is 139 Å². The van der Waals surface area contributed by atoms with Crippen LogP contribution in [-0.2, 0) is 16.1 Å². The molecular formula is C18H28N2O3. The summed E-state index contributed by atoms with van der Waals surface area (Å²) in [6, 6.07) is 8.22. The highest BCUT2D eigenvalue weighted by Gasteiger charge is 2.22. The predicted molar refractivity (Wildman–Crippen MR) is 90.5 cm³/mol. The summed E-state index contributed by atoms with van der Waals surface area (Å²) in [5.74, 6) is 0.928. The SMILES string of the molecule is CCC[C@@H]1COCCN1CCC(=O)NCc1ccc(OC)cc1. The first-order chi connectivity index (χ1) is 11.2. The van der Waals surface area contributed by atoms with E-state index in [9.17, 15) is 4.79 Å². The molecule has 0 spiro atoms. The summed E-state index contributed by atoms with van der Waals surface area (Å²) in [7, 11) is 1.65. The number of morpholine rings is 1. The lowest BCUT2D eigenvalue weighted by molar-refractivity contribution is -0.122. The largest absolute Gasteiger partial charge is 0.497 e. The van der Waals surface area contributed by atoms with Crippen LogP contribution in [0.4, 0.5) is 0 Å². The van der Waals surface area contributed by atoms with Crippen molar-refractivity contribution < 1.29 is 14.3 Å². The van der Waals surface area contributed by atoms with Crippen LogP contribution >= 0.6 is 0 Å². The second-order valence-electron chi connectivity index (χ2n) is 5.93. The molecule has 1 aromatic rings. The van der Waals surface area contributed by atoms with Crippen LogP contribution in [0.15, 0.2) is 24.3 Å². The van der Waals surface area contributed by atoms with E-state index in [-0.39, 0.29) is 5.91 Å². The molecule has 2 rings (SSSR count). The molecule has 1 aliphatic rings. The van der Waals surface area contributed by atoms with E-state index in [1.807, 2.05) is 24.3 Å². The second-order valence-corrected chi connectivity index (χ2v) is 5.93. The molecule has 1 N–H and O–H groups in total. The van der Waals surface area contributed by atoms with Crippen molar-refractivity contribution in [2.45, 2.75) is 38.8 Å². The van der Waals surface area contributed by atoms with Crippen LogP contribution in [0.3, 0.4) is 0 Å². The van der Waals surface area contributed by atoms with Crippen molar-refractivity contribution in [3.63, 3.8) is 0 Å². The average molecular weight is 320 g/mol. The Hall–Kier alpha value is -1.59. The molecule has 0 aliphatic carbocycles. The smallest absolute Gasteiger partial charge is 0.221 e. The van der Waals surface area contributed by atoms with Crippen LogP contribution in [0.5, 0.6) is 5.75 Å². The van der Waals surface area contributed by atoms with Crippen LogP contribution in [0, 0.1) is 0 Å². The van der Waals surface area contributed by atoms with Gasteiger partial charge >= 0.3 is 0 Å². The van der Waals surface area contributed by atoms with Crippen LogP contribution in [0.25, 0.3) is 0 Å². The van der Waals surface area contributed by atoms with Crippen LogP contribution < -0.4 is 10.1 Å². The molecule has 1 fully saturated rings. The molecule has 0 unspecified atom stereocenters. The summed E-state index contributed by atoms with van der Waals surface area (Å²) in [6.45, 7) is 6.05. The van der Waals surface area contributed by atoms with Crippen molar-refractivity contribution in [3.8, 4) is 5.75 Å². The number of nitrogens with zero attached hydrogens (tertiary/aromatic N) is 1. The molecule has 5 nitrogen and oxygen atoms in total. The third-order valence-corrected chi connectivity index (χ3v) is 4.25. The van der Waals surface area contributed by atoms with Crippen molar-refractivity contribution in [3.05, 3.63) is 29.8 Å². The van der Waals surface area contributed by atoms with E-state index >= 15 is 0 Å². The first-order valence-electron chi connectivity index (χ1n) is 8.44. The van der Waals surface area contributed by atoms with E-state index in [1.165, 1.54) is 0 Å². The van der Waals surface area contributed by atoms with Crippen molar-refractivity contribution in [2.75, 3.05) is 33.4 Å². The minimum absolute atomic E-state index is 0.0996. The number of benzene rings is 1. The van der Waals surface area contributed by atoms with Gasteiger partial charge in [0.1, 0.15) is 5.75 Å². The number of carbonyl (C=O) groups excluding carboxylic acids is 1. The average Bonchev–Trinajstić information content (AvgIpc) is 2.60. The molecule has 0 saturated carbocycles. The van der Waals surface area contributed by atoms with E-state index in [4.69, 9.17) is 9.47 Å². The van der Waals surface area contributed by atoms with Gasteiger partial charge in [-0.15, -0.1) is 0 Å². The highest BCUT2D eigenvalue weighted by Crippen LogP contribution is 2.13. The molecule has 1 aliphatic heterocycles. The molecular weight excluding hydrogens is 292 g/mol. The quantitative estimate of drug-likeness (QED) is 0.798. The standard InChI is InChI=1S/C18H28N2O3/c1-3-4-16-14-23-12-11-20(16)10-9-18(21)19-13-15-5-7-17(22-2)8-6-15/h5-8,16H,3-4,9-14H2,1-2H3,(H,19,21)/t16-/m1/s1.